The number of carbonyl (C=O) groups is 2. The molecule has 56 valence electrons. The largest absolute Gasteiger partial charge is 1.00 e. The average Bonchev–Trinajstić information content (AvgIpc) is 1.81. The molecule has 0 aliphatic carbocycles. The van der Waals surface area contributed by atoms with Gasteiger partial charge in [-0.2, -0.15) is 0 Å². The molecule has 0 saturated carbocycles. The first-order valence-electron chi connectivity index (χ1n) is 2.70. The molecule has 0 fully saturated rings. The van der Waals surface area contributed by atoms with E-state index in [1.165, 1.54) is 6.92 Å². The Bertz CT molecular complexity index is 188. The smallest absolute Gasteiger partial charge is 0.545 e. The van der Waals surface area contributed by atoms with E-state index in [2.05, 4.69) is 0 Å². The molecule has 0 atom stereocenters. The van der Waals surface area contributed by atoms with Gasteiger partial charge in [0.05, 0.1) is 11.9 Å². The summed E-state index contributed by atoms with van der Waals surface area (Å²) >= 11 is 0. The average molecular weight is 188 g/mol. The monoisotopic (exact) mass is 188 g/mol. The van der Waals surface area contributed by atoms with Crippen LogP contribution in [0.15, 0.2) is 11.6 Å². The predicted octanol–water partition coefficient (Wildman–Crippen LogP) is -8.17. The summed E-state index contributed by atoms with van der Waals surface area (Å²) in [4.78, 5) is 19.8. The molecule has 6 heteroatoms. The summed E-state index contributed by atoms with van der Waals surface area (Å²) in [7, 11) is 0. The molecule has 0 saturated heterocycles. The third kappa shape index (κ3) is 8.77. The van der Waals surface area contributed by atoms with Gasteiger partial charge in [0.2, 0.25) is 0 Å². The van der Waals surface area contributed by atoms with E-state index in [9.17, 15) is 19.8 Å². The van der Waals surface area contributed by atoms with Crippen LogP contribution in [0.2, 0.25) is 0 Å². The second kappa shape index (κ2) is 9.77. The van der Waals surface area contributed by atoms with Gasteiger partial charge < -0.3 is 19.8 Å². The Balaban J connectivity index is -0.000000405. The molecule has 0 amide bonds. The van der Waals surface area contributed by atoms with Crippen LogP contribution in [-0.2, 0) is 9.59 Å². The zero-order chi connectivity index (χ0) is 8.15. The summed E-state index contributed by atoms with van der Waals surface area (Å²) in [5.41, 5.74) is -0.264. The molecule has 0 aliphatic rings. The van der Waals surface area contributed by atoms with Gasteiger partial charge in [-0.25, -0.2) is 0 Å². The van der Waals surface area contributed by atoms with Crippen LogP contribution in [0.4, 0.5) is 0 Å². The third-order valence-electron chi connectivity index (χ3n) is 0.935. The fraction of sp³-hybridized carbons (Fsp3) is 0.333. The van der Waals surface area contributed by atoms with E-state index in [1.807, 2.05) is 0 Å². The summed E-state index contributed by atoms with van der Waals surface area (Å²) < 4.78 is 0. The van der Waals surface area contributed by atoms with E-state index in [1.54, 1.807) is 0 Å². The summed E-state index contributed by atoms with van der Waals surface area (Å²) in [6.45, 7) is 1.52. The topological polar surface area (TPSA) is 80.3 Å². The van der Waals surface area contributed by atoms with E-state index in [4.69, 9.17) is 0 Å². The van der Waals surface area contributed by atoms with Crippen molar-refractivity contribution < 1.29 is 78.9 Å². The van der Waals surface area contributed by atoms with Gasteiger partial charge in [-0.05, 0) is 18.1 Å². The minimum Gasteiger partial charge on any atom is -0.545 e. The SMILES string of the molecule is CC/C(=C/C(=O)[O-])C(=O)[O-].[Na+].[Na+]. The first kappa shape index (κ1) is 18.5. The molecule has 0 aromatic heterocycles. The summed E-state index contributed by atoms with van der Waals surface area (Å²) in [5, 5.41) is 19.8. The maximum absolute atomic E-state index is 10.00. The van der Waals surface area contributed by atoms with Crippen LogP contribution >= 0.6 is 0 Å². The number of hydrogen-bond donors (Lipinski definition) is 0. The van der Waals surface area contributed by atoms with Crippen LogP contribution in [-0.4, -0.2) is 11.9 Å². The zero-order valence-electron chi connectivity index (χ0n) is 7.42. The summed E-state index contributed by atoms with van der Waals surface area (Å²) in [6, 6.07) is 0. The molecule has 0 aromatic carbocycles. The van der Waals surface area contributed by atoms with E-state index in [-0.39, 0.29) is 71.1 Å². The Morgan fingerprint density at radius 3 is 1.75 bits per heavy atom. The number of aliphatic carboxylic acids is 2. The number of hydrogen-bond acceptors (Lipinski definition) is 4. The van der Waals surface area contributed by atoms with E-state index < -0.39 is 11.9 Å². The first-order chi connectivity index (χ1) is 4.57. The van der Waals surface area contributed by atoms with Crippen molar-refractivity contribution in [3.8, 4) is 0 Å². The molecule has 0 spiro atoms. The quantitative estimate of drug-likeness (QED) is 0.325. The van der Waals surface area contributed by atoms with Crippen molar-refractivity contribution in [2.75, 3.05) is 0 Å². The molecule has 0 bridgehead atoms. The maximum Gasteiger partial charge on any atom is 1.00 e. The minimum atomic E-state index is -1.51. The van der Waals surface area contributed by atoms with Crippen molar-refractivity contribution in [1.82, 2.24) is 0 Å². The second-order valence-electron chi connectivity index (χ2n) is 1.63. The molecule has 12 heavy (non-hydrogen) atoms. The molecule has 0 heterocycles. The van der Waals surface area contributed by atoms with E-state index >= 15 is 0 Å². The number of carboxylic acid groups (broad SMARTS) is 2. The van der Waals surface area contributed by atoms with Crippen molar-refractivity contribution in [3.05, 3.63) is 11.6 Å². The Kier molecular flexibility index (Phi) is 15.0. The second-order valence-corrected chi connectivity index (χ2v) is 1.63. The Morgan fingerprint density at radius 1 is 1.25 bits per heavy atom. The van der Waals surface area contributed by atoms with Crippen LogP contribution in [0.1, 0.15) is 13.3 Å². The molecule has 0 rings (SSSR count). The van der Waals surface area contributed by atoms with Crippen molar-refractivity contribution in [2.45, 2.75) is 13.3 Å². The Labute approximate surface area is 115 Å². The molecule has 0 radical (unpaired) electrons. The first-order valence-corrected chi connectivity index (χ1v) is 2.70. The van der Waals surface area contributed by atoms with Crippen molar-refractivity contribution in [2.24, 2.45) is 0 Å². The maximum atomic E-state index is 10.00. The van der Waals surface area contributed by atoms with Crippen LogP contribution in [0.3, 0.4) is 0 Å². The van der Waals surface area contributed by atoms with Crippen LogP contribution in [0.25, 0.3) is 0 Å². The standard InChI is InChI=1S/C6H8O4.2Na/c1-2-4(6(9)10)3-5(7)8;;/h3H,2H2,1H3,(H,7,8)(H,9,10);;/q;2*+1/p-2/b4-3-;;. The van der Waals surface area contributed by atoms with Crippen LogP contribution in [0, 0.1) is 0 Å². The van der Waals surface area contributed by atoms with Gasteiger partial charge in [0.15, 0.2) is 0 Å². The van der Waals surface area contributed by atoms with E-state index in [0.717, 1.165) is 0 Å². The van der Waals surface area contributed by atoms with Crippen molar-refractivity contribution >= 4 is 11.9 Å². The fourth-order valence-electron chi connectivity index (χ4n) is 0.448. The van der Waals surface area contributed by atoms with Crippen LogP contribution < -0.4 is 69.3 Å². The van der Waals surface area contributed by atoms with Gasteiger partial charge >= 0.3 is 59.1 Å². The van der Waals surface area contributed by atoms with Crippen LogP contribution in [0.5, 0.6) is 0 Å². The minimum absolute atomic E-state index is 0. The molecule has 0 unspecified atom stereocenters. The Morgan fingerprint density at radius 2 is 1.67 bits per heavy atom. The zero-order valence-corrected chi connectivity index (χ0v) is 11.4. The van der Waals surface area contributed by atoms with Gasteiger partial charge in [0.1, 0.15) is 0 Å². The third-order valence-corrected chi connectivity index (χ3v) is 0.935. The summed E-state index contributed by atoms with van der Waals surface area (Å²) in [5.74, 6) is -2.98. The Hall–Kier alpha value is 0.680. The van der Waals surface area contributed by atoms with Gasteiger partial charge in [-0.15, -0.1) is 0 Å². The molecule has 0 aromatic rings. The molecule has 4 nitrogen and oxygen atoms in total. The molecule has 0 aliphatic heterocycles. The van der Waals surface area contributed by atoms with Gasteiger partial charge in [-0.3, -0.25) is 0 Å². The normalized spacial score (nSPS) is 9.25. The molecule has 0 N–H and O–H groups in total. The van der Waals surface area contributed by atoms with Crippen molar-refractivity contribution in [3.63, 3.8) is 0 Å². The van der Waals surface area contributed by atoms with Gasteiger partial charge in [0.25, 0.3) is 0 Å². The fourth-order valence-corrected chi connectivity index (χ4v) is 0.448. The molecular weight excluding hydrogens is 182 g/mol. The van der Waals surface area contributed by atoms with Crippen molar-refractivity contribution in [1.29, 1.82) is 0 Å². The summed E-state index contributed by atoms with van der Waals surface area (Å²) in [6.07, 6.45) is 0.644. The molecular formula is C6H6Na2O4. The predicted molar refractivity (Wildman–Crippen MR) is 28.4 cm³/mol. The number of carboxylic acids is 2. The number of carbonyl (C=O) groups excluding carboxylic acids is 2. The number of rotatable bonds is 3. The van der Waals surface area contributed by atoms with E-state index in [0.29, 0.717) is 6.08 Å². The van der Waals surface area contributed by atoms with Gasteiger partial charge in [-0.1, -0.05) is 6.92 Å². The van der Waals surface area contributed by atoms with Gasteiger partial charge in [0, 0.05) is 0 Å².